The number of carbonyl (C=O) groups is 1. The Morgan fingerprint density at radius 1 is 1.59 bits per heavy atom. The Labute approximate surface area is 102 Å². The minimum atomic E-state index is -0.104. The fraction of sp³-hybridized carbons (Fsp3) is 0.500. The van der Waals surface area contributed by atoms with Crippen molar-refractivity contribution in [3.63, 3.8) is 0 Å². The highest BCUT2D eigenvalue weighted by Crippen LogP contribution is 2.10. The Hall–Kier alpha value is -1.62. The Bertz CT molecular complexity index is 380. The van der Waals surface area contributed by atoms with E-state index in [0.717, 1.165) is 5.69 Å². The fourth-order valence-electron chi connectivity index (χ4n) is 1.44. The van der Waals surface area contributed by atoms with Crippen LogP contribution < -0.4 is 5.32 Å². The maximum atomic E-state index is 11.7. The largest absolute Gasteiger partial charge is 0.383 e. The number of hydrogen-bond donors (Lipinski definition) is 1. The van der Waals surface area contributed by atoms with Gasteiger partial charge >= 0.3 is 0 Å². The summed E-state index contributed by atoms with van der Waals surface area (Å²) in [5, 5.41) is 3.24. The highest BCUT2D eigenvalue weighted by Gasteiger charge is 2.10. The van der Waals surface area contributed by atoms with Gasteiger partial charge in [-0.15, -0.1) is 0 Å². The molecule has 1 atom stereocenters. The second kappa shape index (κ2) is 6.20. The van der Waals surface area contributed by atoms with Crippen molar-refractivity contribution in [1.29, 1.82) is 0 Å². The lowest BCUT2D eigenvalue weighted by atomic mass is 10.2. The summed E-state index contributed by atoms with van der Waals surface area (Å²) in [5.74, 6) is -0.104. The Kier molecular flexibility index (Phi) is 4.90. The summed E-state index contributed by atoms with van der Waals surface area (Å²) in [6.45, 7) is 2.62. The second-order valence-corrected chi connectivity index (χ2v) is 4.13. The number of nitrogens with zero attached hydrogens (tertiary/aromatic N) is 2. The third-order valence-corrected chi connectivity index (χ3v) is 2.21. The van der Waals surface area contributed by atoms with E-state index in [1.165, 1.54) is 4.90 Å². The number of anilines is 1. The topological polar surface area (TPSA) is 54.5 Å². The van der Waals surface area contributed by atoms with Gasteiger partial charge in [0.15, 0.2) is 0 Å². The molecule has 1 amide bonds. The Balaban J connectivity index is 2.75. The molecule has 94 valence electrons. The van der Waals surface area contributed by atoms with Gasteiger partial charge in [0.1, 0.15) is 5.69 Å². The molecule has 0 aromatic carbocycles. The van der Waals surface area contributed by atoms with Crippen molar-refractivity contribution in [2.24, 2.45) is 0 Å². The van der Waals surface area contributed by atoms with Crippen LogP contribution in [0.5, 0.6) is 0 Å². The van der Waals surface area contributed by atoms with Gasteiger partial charge < -0.3 is 15.0 Å². The number of rotatable bonds is 5. The van der Waals surface area contributed by atoms with E-state index in [1.807, 2.05) is 13.0 Å². The molecule has 1 unspecified atom stereocenters. The third kappa shape index (κ3) is 4.03. The van der Waals surface area contributed by atoms with Crippen LogP contribution in [0.15, 0.2) is 18.3 Å². The van der Waals surface area contributed by atoms with Crippen LogP contribution in [-0.4, -0.2) is 49.6 Å². The number of amides is 1. The molecular weight excluding hydrogens is 218 g/mol. The first kappa shape index (κ1) is 13.4. The second-order valence-electron chi connectivity index (χ2n) is 4.13. The number of pyridine rings is 1. The van der Waals surface area contributed by atoms with E-state index in [9.17, 15) is 4.79 Å². The van der Waals surface area contributed by atoms with E-state index in [1.54, 1.807) is 33.5 Å². The summed E-state index contributed by atoms with van der Waals surface area (Å²) in [5.41, 5.74) is 1.30. The average Bonchev–Trinajstić information content (AvgIpc) is 2.28. The van der Waals surface area contributed by atoms with Crippen molar-refractivity contribution in [2.45, 2.75) is 13.0 Å². The van der Waals surface area contributed by atoms with Gasteiger partial charge in [0.2, 0.25) is 0 Å². The first-order valence-electron chi connectivity index (χ1n) is 5.47. The molecule has 0 saturated heterocycles. The van der Waals surface area contributed by atoms with Gasteiger partial charge in [0.25, 0.3) is 5.91 Å². The van der Waals surface area contributed by atoms with Gasteiger partial charge in [-0.2, -0.15) is 0 Å². The van der Waals surface area contributed by atoms with Crippen LogP contribution in [0, 0.1) is 0 Å². The Morgan fingerprint density at radius 3 is 2.88 bits per heavy atom. The molecule has 0 fully saturated rings. The monoisotopic (exact) mass is 237 g/mol. The van der Waals surface area contributed by atoms with Gasteiger partial charge in [-0.1, -0.05) is 0 Å². The van der Waals surface area contributed by atoms with Crippen LogP contribution in [0.2, 0.25) is 0 Å². The molecule has 0 saturated carbocycles. The predicted molar refractivity (Wildman–Crippen MR) is 67.2 cm³/mol. The zero-order chi connectivity index (χ0) is 12.8. The number of aromatic nitrogens is 1. The molecule has 1 aromatic heterocycles. The minimum absolute atomic E-state index is 0.104. The maximum Gasteiger partial charge on any atom is 0.272 e. The molecular formula is C12H19N3O2. The van der Waals surface area contributed by atoms with Crippen molar-refractivity contribution >= 4 is 11.6 Å². The van der Waals surface area contributed by atoms with Crippen LogP contribution in [0.4, 0.5) is 5.69 Å². The highest BCUT2D eigenvalue weighted by molar-refractivity contribution is 5.92. The summed E-state index contributed by atoms with van der Waals surface area (Å²) in [4.78, 5) is 17.3. The summed E-state index contributed by atoms with van der Waals surface area (Å²) in [7, 11) is 5.07. The zero-order valence-corrected chi connectivity index (χ0v) is 10.7. The molecule has 17 heavy (non-hydrogen) atoms. The molecule has 0 spiro atoms. The lowest BCUT2D eigenvalue weighted by molar-refractivity contribution is 0.0822. The summed E-state index contributed by atoms with van der Waals surface area (Å²) in [6.07, 6.45) is 1.62. The highest BCUT2D eigenvalue weighted by atomic mass is 16.5. The van der Waals surface area contributed by atoms with Crippen LogP contribution in [0.1, 0.15) is 17.4 Å². The number of carbonyl (C=O) groups excluding carboxylic acids is 1. The molecule has 5 nitrogen and oxygen atoms in total. The van der Waals surface area contributed by atoms with Crippen molar-refractivity contribution in [2.75, 3.05) is 33.1 Å². The number of methoxy groups -OCH3 is 1. The van der Waals surface area contributed by atoms with Crippen LogP contribution in [0.3, 0.4) is 0 Å². The summed E-state index contributed by atoms with van der Waals surface area (Å²) >= 11 is 0. The van der Waals surface area contributed by atoms with E-state index >= 15 is 0 Å². The van der Waals surface area contributed by atoms with E-state index in [0.29, 0.717) is 12.3 Å². The van der Waals surface area contributed by atoms with Crippen LogP contribution in [-0.2, 0) is 4.74 Å². The fourth-order valence-corrected chi connectivity index (χ4v) is 1.44. The first-order valence-corrected chi connectivity index (χ1v) is 5.47. The van der Waals surface area contributed by atoms with Crippen molar-refractivity contribution < 1.29 is 9.53 Å². The summed E-state index contributed by atoms with van der Waals surface area (Å²) < 4.78 is 5.04. The number of ether oxygens (including phenoxy) is 1. The molecule has 0 bridgehead atoms. The lowest BCUT2D eigenvalue weighted by Gasteiger charge is -2.15. The SMILES string of the molecule is COCC(C)Nc1ccnc(C(=O)N(C)C)c1. The standard InChI is InChI=1S/C12H19N3O2/c1-9(8-17-4)14-10-5-6-13-11(7-10)12(16)15(2)3/h5-7,9H,8H2,1-4H3,(H,13,14). The van der Waals surface area contributed by atoms with Gasteiger partial charge in [-0.3, -0.25) is 9.78 Å². The molecule has 1 N–H and O–H groups in total. The van der Waals surface area contributed by atoms with Crippen molar-refractivity contribution in [1.82, 2.24) is 9.88 Å². The van der Waals surface area contributed by atoms with Crippen molar-refractivity contribution in [3.05, 3.63) is 24.0 Å². The van der Waals surface area contributed by atoms with Gasteiger partial charge in [-0.05, 0) is 19.1 Å². The maximum absolute atomic E-state index is 11.7. The molecule has 1 heterocycles. The zero-order valence-electron chi connectivity index (χ0n) is 10.7. The van der Waals surface area contributed by atoms with Gasteiger partial charge in [-0.25, -0.2) is 0 Å². The molecule has 1 aromatic rings. The first-order chi connectivity index (χ1) is 8.04. The minimum Gasteiger partial charge on any atom is -0.383 e. The predicted octanol–water partition coefficient (Wildman–Crippen LogP) is 1.23. The van der Waals surface area contributed by atoms with E-state index in [2.05, 4.69) is 10.3 Å². The van der Waals surface area contributed by atoms with Crippen LogP contribution >= 0.6 is 0 Å². The molecule has 0 aliphatic rings. The molecule has 0 radical (unpaired) electrons. The van der Waals surface area contributed by atoms with Crippen LogP contribution in [0.25, 0.3) is 0 Å². The molecule has 1 rings (SSSR count). The number of hydrogen-bond acceptors (Lipinski definition) is 4. The summed E-state index contributed by atoms with van der Waals surface area (Å²) in [6, 6.07) is 3.76. The average molecular weight is 237 g/mol. The van der Waals surface area contributed by atoms with Crippen molar-refractivity contribution in [3.8, 4) is 0 Å². The lowest BCUT2D eigenvalue weighted by Crippen LogP contribution is -2.24. The molecule has 0 aliphatic carbocycles. The molecule has 5 heteroatoms. The van der Waals surface area contributed by atoms with E-state index in [4.69, 9.17) is 4.74 Å². The Morgan fingerprint density at radius 2 is 2.29 bits per heavy atom. The third-order valence-electron chi connectivity index (χ3n) is 2.21. The van der Waals surface area contributed by atoms with Gasteiger partial charge in [0, 0.05) is 39.1 Å². The number of nitrogens with one attached hydrogen (secondary N) is 1. The molecule has 0 aliphatic heterocycles. The quantitative estimate of drug-likeness (QED) is 0.837. The normalized spacial score (nSPS) is 12.0. The van der Waals surface area contributed by atoms with E-state index < -0.39 is 0 Å². The van der Waals surface area contributed by atoms with E-state index in [-0.39, 0.29) is 11.9 Å². The van der Waals surface area contributed by atoms with Gasteiger partial charge in [0.05, 0.1) is 6.61 Å². The smallest absolute Gasteiger partial charge is 0.272 e.